The van der Waals surface area contributed by atoms with Crippen molar-refractivity contribution in [2.24, 2.45) is 5.73 Å². The Bertz CT molecular complexity index is 404. The molecule has 0 radical (unpaired) electrons. The van der Waals surface area contributed by atoms with Gasteiger partial charge in [-0.2, -0.15) is 0 Å². The minimum Gasteiger partial charge on any atom is -0.350 e. The van der Waals surface area contributed by atoms with Crippen molar-refractivity contribution in [3.8, 4) is 0 Å². The maximum absolute atomic E-state index is 12.0. The molecular weight excluding hydrogens is 244 g/mol. The molecule has 0 aliphatic carbocycles. The van der Waals surface area contributed by atoms with E-state index < -0.39 is 0 Å². The fourth-order valence-corrected chi connectivity index (χ4v) is 2.98. The van der Waals surface area contributed by atoms with Crippen LogP contribution in [0.25, 0.3) is 0 Å². The molecule has 0 unspecified atom stereocenters. The van der Waals surface area contributed by atoms with E-state index in [0.717, 1.165) is 24.1 Å². The van der Waals surface area contributed by atoms with Gasteiger partial charge in [0.25, 0.3) is 5.91 Å². The van der Waals surface area contributed by atoms with Crippen LogP contribution >= 0.6 is 11.3 Å². The molecule has 1 rings (SSSR count). The lowest BCUT2D eigenvalue weighted by atomic mass is 10.1. The van der Waals surface area contributed by atoms with Crippen LogP contribution < -0.4 is 11.1 Å². The van der Waals surface area contributed by atoms with E-state index in [0.29, 0.717) is 6.54 Å². The number of carbonyl (C=O) groups excluding carboxylic acids is 1. The zero-order valence-corrected chi connectivity index (χ0v) is 12.6. The SMILES string of the molecule is CCCc1sc(C(=O)NCC(C)(C)N)cc1CC. The maximum atomic E-state index is 12.0. The van der Waals surface area contributed by atoms with E-state index in [1.165, 1.54) is 10.4 Å². The van der Waals surface area contributed by atoms with Crippen molar-refractivity contribution in [3.05, 3.63) is 21.4 Å². The molecule has 1 aromatic rings. The molecule has 0 saturated heterocycles. The van der Waals surface area contributed by atoms with Crippen LogP contribution in [0.3, 0.4) is 0 Å². The van der Waals surface area contributed by atoms with E-state index in [1.54, 1.807) is 11.3 Å². The molecule has 1 aromatic heterocycles. The molecule has 0 aromatic carbocycles. The van der Waals surface area contributed by atoms with Crippen LogP contribution in [0.15, 0.2) is 6.07 Å². The van der Waals surface area contributed by atoms with Gasteiger partial charge in [0.2, 0.25) is 0 Å². The van der Waals surface area contributed by atoms with Gasteiger partial charge in [0.15, 0.2) is 0 Å². The zero-order chi connectivity index (χ0) is 13.8. The molecular formula is C14H24N2OS. The highest BCUT2D eigenvalue weighted by Gasteiger charge is 2.16. The molecule has 0 aliphatic rings. The quantitative estimate of drug-likeness (QED) is 0.833. The van der Waals surface area contributed by atoms with Gasteiger partial charge in [0, 0.05) is 17.0 Å². The van der Waals surface area contributed by atoms with Crippen LogP contribution in [-0.2, 0) is 12.8 Å². The summed E-state index contributed by atoms with van der Waals surface area (Å²) >= 11 is 1.61. The standard InChI is InChI=1S/C14H24N2OS/c1-5-7-11-10(6-2)8-12(18-11)13(17)16-9-14(3,4)15/h8H,5-7,9,15H2,1-4H3,(H,16,17). The maximum Gasteiger partial charge on any atom is 0.261 e. The van der Waals surface area contributed by atoms with E-state index >= 15 is 0 Å². The zero-order valence-electron chi connectivity index (χ0n) is 11.8. The number of nitrogens with two attached hydrogens (primary N) is 1. The van der Waals surface area contributed by atoms with Crippen LogP contribution in [-0.4, -0.2) is 18.0 Å². The Labute approximate surface area is 114 Å². The number of nitrogens with one attached hydrogen (secondary N) is 1. The molecule has 0 bridgehead atoms. The van der Waals surface area contributed by atoms with Crippen LogP contribution in [0.4, 0.5) is 0 Å². The minimum absolute atomic E-state index is 0.00409. The fourth-order valence-electron chi connectivity index (χ4n) is 1.71. The topological polar surface area (TPSA) is 55.1 Å². The van der Waals surface area contributed by atoms with Crippen molar-refractivity contribution in [2.45, 2.75) is 52.5 Å². The van der Waals surface area contributed by atoms with Gasteiger partial charge in [-0.25, -0.2) is 0 Å². The summed E-state index contributed by atoms with van der Waals surface area (Å²) in [6.07, 6.45) is 3.16. The first-order valence-corrected chi connectivity index (χ1v) is 7.37. The molecule has 0 aliphatic heterocycles. The number of amides is 1. The Morgan fingerprint density at radius 3 is 2.61 bits per heavy atom. The highest BCUT2D eigenvalue weighted by molar-refractivity contribution is 7.14. The summed E-state index contributed by atoms with van der Waals surface area (Å²) in [7, 11) is 0. The molecule has 0 atom stereocenters. The molecule has 0 fully saturated rings. The summed E-state index contributed by atoms with van der Waals surface area (Å²) in [4.78, 5) is 14.2. The van der Waals surface area contributed by atoms with Crippen molar-refractivity contribution in [1.82, 2.24) is 5.32 Å². The van der Waals surface area contributed by atoms with Gasteiger partial charge in [-0.05, 0) is 38.3 Å². The minimum atomic E-state index is -0.368. The van der Waals surface area contributed by atoms with E-state index in [1.807, 2.05) is 19.9 Å². The van der Waals surface area contributed by atoms with Crippen molar-refractivity contribution in [2.75, 3.05) is 6.54 Å². The largest absolute Gasteiger partial charge is 0.350 e. The van der Waals surface area contributed by atoms with Crippen molar-refractivity contribution in [1.29, 1.82) is 0 Å². The first-order valence-electron chi connectivity index (χ1n) is 6.56. The van der Waals surface area contributed by atoms with E-state index in [9.17, 15) is 4.79 Å². The Hall–Kier alpha value is -0.870. The third-order valence-electron chi connectivity index (χ3n) is 2.68. The molecule has 102 valence electrons. The van der Waals surface area contributed by atoms with E-state index in [-0.39, 0.29) is 11.4 Å². The lowest BCUT2D eigenvalue weighted by molar-refractivity contribution is 0.0950. The summed E-state index contributed by atoms with van der Waals surface area (Å²) < 4.78 is 0. The number of hydrogen-bond donors (Lipinski definition) is 2. The molecule has 4 heteroatoms. The second-order valence-electron chi connectivity index (χ2n) is 5.33. The predicted molar refractivity (Wildman–Crippen MR) is 78.3 cm³/mol. The monoisotopic (exact) mass is 268 g/mol. The van der Waals surface area contributed by atoms with Gasteiger partial charge in [0.05, 0.1) is 4.88 Å². The van der Waals surface area contributed by atoms with Gasteiger partial charge in [-0.15, -0.1) is 11.3 Å². The molecule has 18 heavy (non-hydrogen) atoms. The first-order chi connectivity index (χ1) is 8.37. The van der Waals surface area contributed by atoms with E-state index in [4.69, 9.17) is 5.73 Å². The van der Waals surface area contributed by atoms with Crippen molar-refractivity contribution >= 4 is 17.2 Å². The van der Waals surface area contributed by atoms with Crippen LogP contribution in [0.2, 0.25) is 0 Å². The van der Waals surface area contributed by atoms with Gasteiger partial charge in [-0.3, -0.25) is 4.79 Å². The Morgan fingerprint density at radius 2 is 2.11 bits per heavy atom. The number of thiophene rings is 1. The van der Waals surface area contributed by atoms with Crippen molar-refractivity contribution in [3.63, 3.8) is 0 Å². The molecule has 0 saturated carbocycles. The smallest absolute Gasteiger partial charge is 0.261 e. The second-order valence-corrected chi connectivity index (χ2v) is 6.47. The number of carbonyl (C=O) groups is 1. The summed E-state index contributed by atoms with van der Waals surface area (Å²) in [5, 5.41) is 2.89. The average Bonchev–Trinajstić information content (AvgIpc) is 2.69. The molecule has 1 heterocycles. The van der Waals surface area contributed by atoms with Gasteiger partial charge in [-0.1, -0.05) is 20.3 Å². The van der Waals surface area contributed by atoms with Gasteiger partial charge < -0.3 is 11.1 Å². The number of rotatable bonds is 6. The van der Waals surface area contributed by atoms with Crippen LogP contribution in [0, 0.1) is 0 Å². The lowest BCUT2D eigenvalue weighted by Gasteiger charge is -2.18. The number of hydrogen-bond acceptors (Lipinski definition) is 3. The Kier molecular flexibility index (Phi) is 5.35. The summed E-state index contributed by atoms with van der Waals surface area (Å²) in [5.74, 6) is -0.00409. The summed E-state index contributed by atoms with van der Waals surface area (Å²) in [6.45, 7) is 8.60. The van der Waals surface area contributed by atoms with Crippen LogP contribution in [0.5, 0.6) is 0 Å². The molecule has 3 N–H and O–H groups in total. The predicted octanol–water partition coefficient (Wildman–Crippen LogP) is 2.73. The molecule has 0 spiro atoms. The third-order valence-corrected chi connectivity index (χ3v) is 3.92. The normalized spacial score (nSPS) is 11.6. The van der Waals surface area contributed by atoms with Gasteiger partial charge >= 0.3 is 0 Å². The highest BCUT2D eigenvalue weighted by Crippen LogP contribution is 2.24. The lowest BCUT2D eigenvalue weighted by Crippen LogP contribution is -2.44. The van der Waals surface area contributed by atoms with Crippen molar-refractivity contribution < 1.29 is 4.79 Å². The van der Waals surface area contributed by atoms with E-state index in [2.05, 4.69) is 19.2 Å². The highest BCUT2D eigenvalue weighted by atomic mass is 32.1. The Morgan fingerprint density at radius 1 is 1.44 bits per heavy atom. The molecule has 3 nitrogen and oxygen atoms in total. The van der Waals surface area contributed by atoms with Crippen LogP contribution in [0.1, 0.15) is 54.2 Å². The average molecular weight is 268 g/mol. The summed E-state index contributed by atoms with van der Waals surface area (Å²) in [5.41, 5.74) is 6.80. The van der Waals surface area contributed by atoms with Gasteiger partial charge in [0.1, 0.15) is 0 Å². The fraction of sp³-hybridized carbons (Fsp3) is 0.643. The summed E-state index contributed by atoms with van der Waals surface area (Å²) in [6, 6.07) is 2.02. The second kappa shape index (κ2) is 6.34. The Balaban J connectivity index is 2.74. The number of aryl methyl sites for hydroxylation is 2. The molecule has 1 amide bonds. The first kappa shape index (κ1) is 15.2. The third kappa shape index (κ3) is 4.42.